The van der Waals surface area contributed by atoms with Crippen LogP contribution < -0.4 is 5.32 Å². The van der Waals surface area contributed by atoms with Crippen molar-refractivity contribution in [1.29, 1.82) is 0 Å². The van der Waals surface area contributed by atoms with Crippen molar-refractivity contribution < 1.29 is 19.4 Å². The molecule has 0 spiro atoms. The van der Waals surface area contributed by atoms with Gasteiger partial charge in [-0.05, 0) is 47.2 Å². The van der Waals surface area contributed by atoms with Crippen molar-refractivity contribution in [2.75, 3.05) is 18.5 Å². The number of ether oxygens (including phenoxy) is 1. The van der Waals surface area contributed by atoms with E-state index in [4.69, 9.17) is 9.84 Å². The summed E-state index contributed by atoms with van der Waals surface area (Å²) in [6.45, 7) is 2.58. The van der Waals surface area contributed by atoms with Gasteiger partial charge in [0.15, 0.2) is 0 Å². The van der Waals surface area contributed by atoms with Gasteiger partial charge in [-0.25, -0.2) is 4.79 Å². The summed E-state index contributed by atoms with van der Waals surface area (Å²) in [5.41, 5.74) is 0.613. The van der Waals surface area contributed by atoms with Crippen LogP contribution in [0.25, 0.3) is 0 Å². The number of rotatable bonds is 7. The van der Waals surface area contributed by atoms with Crippen molar-refractivity contribution in [3.05, 3.63) is 27.3 Å². The molecule has 1 rings (SSSR count). The summed E-state index contributed by atoms with van der Waals surface area (Å²) < 4.78 is 5.94. The Labute approximate surface area is 125 Å². The number of aromatic carboxylic acids is 1. The molecule has 1 aromatic carbocycles. The van der Waals surface area contributed by atoms with E-state index in [1.54, 1.807) is 6.07 Å². The SMILES string of the molecule is CCCCOCC(=O)Nc1cc(I)cc(C(=O)O)c1. The minimum atomic E-state index is -1.02. The number of unbranched alkanes of at least 4 members (excludes halogenated alkanes) is 1. The number of carbonyl (C=O) groups excluding carboxylic acids is 1. The summed E-state index contributed by atoms with van der Waals surface area (Å²) in [5.74, 6) is -1.30. The number of hydrogen-bond acceptors (Lipinski definition) is 3. The minimum Gasteiger partial charge on any atom is -0.478 e. The number of benzene rings is 1. The Hall–Kier alpha value is -1.15. The van der Waals surface area contributed by atoms with Gasteiger partial charge < -0.3 is 15.2 Å². The monoisotopic (exact) mass is 377 g/mol. The highest BCUT2D eigenvalue weighted by Gasteiger charge is 2.08. The topological polar surface area (TPSA) is 75.6 Å². The summed E-state index contributed by atoms with van der Waals surface area (Å²) in [7, 11) is 0. The third kappa shape index (κ3) is 6.02. The molecule has 0 saturated carbocycles. The zero-order valence-corrected chi connectivity index (χ0v) is 12.8. The second-order valence-corrected chi connectivity index (χ2v) is 5.23. The summed E-state index contributed by atoms with van der Waals surface area (Å²) in [4.78, 5) is 22.5. The average molecular weight is 377 g/mol. The van der Waals surface area contributed by atoms with Crippen LogP contribution in [0, 0.1) is 3.57 Å². The number of anilines is 1. The Morgan fingerprint density at radius 2 is 2.11 bits per heavy atom. The maximum Gasteiger partial charge on any atom is 0.335 e. The molecule has 0 aliphatic carbocycles. The van der Waals surface area contributed by atoms with Crippen molar-refractivity contribution in [3.63, 3.8) is 0 Å². The van der Waals surface area contributed by atoms with Crippen molar-refractivity contribution in [2.45, 2.75) is 19.8 Å². The lowest BCUT2D eigenvalue weighted by molar-refractivity contribution is -0.120. The molecule has 0 radical (unpaired) electrons. The first-order valence-electron chi connectivity index (χ1n) is 5.94. The first-order valence-corrected chi connectivity index (χ1v) is 7.02. The lowest BCUT2D eigenvalue weighted by Crippen LogP contribution is -2.19. The van der Waals surface area contributed by atoms with Gasteiger partial charge in [0.1, 0.15) is 6.61 Å². The van der Waals surface area contributed by atoms with Gasteiger partial charge in [0, 0.05) is 15.9 Å². The summed E-state index contributed by atoms with van der Waals surface area (Å²) in [6, 6.07) is 4.67. The molecule has 6 heteroatoms. The molecule has 0 aliphatic rings. The number of halogens is 1. The predicted octanol–water partition coefficient (Wildman–Crippen LogP) is 2.74. The van der Waals surface area contributed by atoms with Gasteiger partial charge in [-0.1, -0.05) is 13.3 Å². The van der Waals surface area contributed by atoms with Gasteiger partial charge in [-0.15, -0.1) is 0 Å². The first kappa shape index (κ1) is 15.9. The van der Waals surface area contributed by atoms with E-state index < -0.39 is 5.97 Å². The summed E-state index contributed by atoms with van der Waals surface area (Å²) in [6.07, 6.45) is 1.93. The van der Waals surface area contributed by atoms with Crippen LogP contribution >= 0.6 is 22.6 Å². The highest BCUT2D eigenvalue weighted by molar-refractivity contribution is 14.1. The smallest absolute Gasteiger partial charge is 0.335 e. The van der Waals surface area contributed by atoms with E-state index in [9.17, 15) is 9.59 Å². The van der Waals surface area contributed by atoms with Gasteiger partial charge in [-0.2, -0.15) is 0 Å². The normalized spacial score (nSPS) is 10.2. The molecule has 0 bridgehead atoms. The number of carboxylic acids is 1. The van der Waals surface area contributed by atoms with Gasteiger partial charge in [0.2, 0.25) is 5.91 Å². The standard InChI is InChI=1S/C13H16INO4/c1-2-3-4-19-8-12(16)15-11-6-9(13(17)18)5-10(14)7-11/h5-7H,2-4,8H2,1H3,(H,15,16)(H,17,18). The number of nitrogens with one attached hydrogen (secondary N) is 1. The van der Waals surface area contributed by atoms with E-state index in [0.717, 1.165) is 16.4 Å². The molecule has 0 heterocycles. The van der Waals surface area contributed by atoms with Crippen molar-refractivity contribution in [3.8, 4) is 0 Å². The molecule has 2 N–H and O–H groups in total. The Kier molecular flexibility index (Phi) is 6.79. The van der Waals surface area contributed by atoms with Gasteiger partial charge >= 0.3 is 5.97 Å². The van der Waals surface area contributed by atoms with Crippen LogP contribution in [-0.2, 0) is 9.53 Å². The molecule has 0 aliphatic heterocycles. The fraction of sp³-hybridized carbons (Fsp3) is 0.385. The molecule has 1 aromatic rings. The lowest BCUT2D eigenvalue weighted by Gasteiger charge is -2.07. The van der Waals surface area contributed by atoms with Crippen LogP contribution in [0.15, 0.2) is 18.2 Å². The van der Waals surface area contributed by atoms with Gasteiger partial charge in [0.05, 0.1) is 5.56 Å². The molecule has 5 nitrogen and oxygen atoms in total. The largest absolute Gasteiger partial charge is 0.478 e. The van der Waals surface area contributed by atoms with Gasteiger partial charge in [-0.3, -0.25) is 4.79 Å². The third-order valence-electron chi connectivity index (χ3n) is 2.30. The molecule has 1 amide bonds. The van der Waals surface area contributed by atoms with Crippen LogP contribution in [0.3, 0.4) is 0 Å². The first-order chi connectivity index (χ1) is 9.02. The number of hydrogen-bond donors (Lipinski definition) is 2. The van der Waals surface area contributed by atoms with E-state index in [1.807, 2.05) is 29.5 Å². The Balaban J connectivity index is 2.56. The fourth-order valence-corrected chi connectivity index (χ4v) is 2.06. The summed E-state index contributed by atoms with van der Waals surface area (Å²) in [5, 5.41) is 11.6. The molecule has 0 fully saturated rings. The van der Waals surface area contributed by atoms with E-state index in [2.05, 4.69) is 5.32 Å². The van der Waals surface area contributed by atoms with Crippen molar-refractivity contribution in [1.82, 2.24) is 0 Å². The van der Waals surface area contributed by atoms with Crippen molar-refractivity contribution in [2.24, 2.45) is 0 Å². The molecule has 19 heavy (non-hydrogen) atoms. The van der Waals surface area contributed by atoms with E-state index >= 15 is 0 Å². The van der Waals surface area contributed by atoms with Crippen LogP contribution in [-0.4, -0.2) is 30.2 Å². The molecule has 0 saturated heterocycles. The molecule has 104 valence electrons. The van der Waals surface area contributed by atoms with Gasteiger partial charge in [0.25, 0.3) is 0 Å². The van der Waals surface area contributed by atoms with Crippen LogP contribution in [0.4, 0.5) is 5.69 Å². The van der Waals surface area contributed by atoms with Crippen molar-refractivity contribution >= 4 is 40.2 Å². The van der Waals surface area contributed by atoms with E-state index in [0.29, 0.717) is 12.3 Å². The average Bonchev–Trinajstić information content (AvgIpc) is 2.34. The number of carboxylic acid groups (broad SMARTS) is 1. The van der Waals surface area contributed by atoms with E-state index in [1.165, 1.54) is 12.1 Å². The van der Waals surface area contributed by atoms with Crippen LogP contribution in [0.2, 0.25) is 0 Å². The maximum atomic E-state index is 11.6. The zero-order chi connectivity index (χ0) is 14.3. The number of carbonyl (C=O) groups is 2. The fourth-order valence-electron chi connectivity index (χ4n) is 1.39. The molecule has 0 atom stereocenters. The number of amides is 1. The summed E-state index contributed by atoms with van der Waals surface area (Å²) >= 11 is 2.00. The second kappa shape index (κ2) is 8.11. The zero-order valence-electron chi connectivity index (χ0n) is 10.6. The van der Waals surface area contributed by atoms with Crippen LogP contribution in [0.5, 0.6) is 0 Å². The lowest BCUT2D eigenvalue weighted by atomic mass is 10.2. The molecule has 0 unspecified atom stereocenters. The van der Waals surface area contributed by atoms with E-state index in [-0.39, 0.29) is 18.1 Å². The quantitative estimate of drug-likeness (QED) is 0.566. The Morgan fingerprint density at radius 1 is 1.37 bits per heavy atom. The minimum absolute atomic E-state index is 0.0200. The van der Waals surface area contributed by atoms with Crippen LogP contribution in [0.1, 0.15) is 30.1 Å². The third-order valence-corrected chi connectivity index (χ3v) is 2.93. The molecular weight excluding hydrogens is 361 g/mol. The highest BCUT2D eigenvalue weighted by atomic mass is 127. The Morgan fingerprint density at radius 3 is 2.74 bits per heavy atom. The molecular formula is C13H16INO4. The second-order valence-electron chi connectivity index (χ2n) is 3.99. The molecule has 0 aromatic heterocycles. The highest BCUT2D eigenvalue weighted by Crippen LogP contribution is 2.16. The Bertz CT molecular complexity index is 462. The predicted molar refractivity (Wildman–Crippen MR) is 80.5 cm³/mol. The maximum absolute atomic E-state index is 11.6.